The number of ether oxygens (including phenoxy) is 3. The molecule has 2 amide bonds. The third-order valence-electron chi connectivity index (χ3n) is 5.38. The van der Waals surface area contributed by atoms with Crippen molar-refractivity contribution in [2.24, 2.45) is 0 Å². The standard InChI is InChI=1S/C25H31ClFNO7S/c1-4-6-11-34-23(30)14-36-21-13-20(19(27)12-18(21)26)28(22(29)5-2)24(31)16-9-7-8-10-17(16)25(32)35-15-33-3/h12-13H,4-11,14-15H2,1-3H3. The van der Waals surface area contributed by atoms with Gasteiger partial charge in [-0.3, -0.25) is 14.4 Å². The maximum absolute atomic E-state index is 15.1. The maximum atomic E-state index is 15.1. The number of carbonyl (C=O) groups excluding carboxylic acids is 4. The van der Waals surface area contributed by atoms with Crippen LogP contribution >= 0.6 is 23.4 Å². The molecule has 0 spiro atoms. The molecule has 1 aliphatic rings. The molecule has 0 N–H and O–H groups in total. The van der Waals surface area contributed by atoms with Crippen LogP contribution in [0.5, 0.6) is 0 Å². The fourth-order valence-corrected chi connectivity index (χ4v) is 4.59. The average molecular weight is 544 g/mol. The van der Waals surface area contributed by atoms with E-state index in [0.29, 0.717) is 30.8 Å². The van der Waals surface area contributed by atoms with E-state index >= 15 is 4.39 Å². The molecule has 0 fully saturated rings. The van der Waals surface area contributed by atoms with E-state index in [0.717, 1.165) is 35.6 Å². The molecular weight excluding hydrogens is 513 g/mol. The summed E-state index contributed by atoms with van der Waals surface area (Å²) in [4.78, 5) is 52.0. The Kier molecular flexibility index (Phi) is 12.4. The first-order chi connectivity index (χ1) is 17.2. The van der Waals surface area contributed by atoms with Crippen LogP contribution in [0.15, 0.2) is 28.2 Å². The maximum Gasteiger partial charge on any atom is 0.336 e. The van der Waals surface area contributed by atoms with Gasteiger partial charge in [0, 0.05) is 29.6 Å². The number of amides is 2. The van der Waals surface area contributed by atoms with Gasteiger partial charge in [-0.2, -0.15) is 0 Å². The van der Waals surface area contributed by atoms with Gasteiger partial charge in [-0.05, 0) is 44.2 Å². The predicted octanol–water partition coefficient (Wildman–Crippen LogP) is 5.20. The predicted molar refractivity (Wildman–Crippen MR) is 134 cm³/mol. The van der Waals surface area contributed by atoms with Crippen molar-refractivity contribution in [3.05, 3.63) is 34.1 Å². The quantitative estimate of drug-likeness (QED) is 0.153. The Bertz CT molecular complexity index is 1010. The summed E-state index contributed by atoms with van der Waals surface area (Å²) in [6.45, 7) is 3.54. The third-order valence-corrected chi connectivity index (χ3v) is 6.84. The number of thioether (sulfide) groups is 1. The van der Waals surface area contributed by atoms with Crippen molar-refractivity contribution in [2.75, 3.05) is 31.2 Å². The molecule has 0 heterocycles. The SMILES string of the molecule is CCCCOC(=O)CSc1cc(N(C(=O)CC)C(=O)C2=C(C(=O)OCOC)CCCC2)c(F)cc1Cl. The molecule has 198 valence electrons. The number of unbranched alkanes of at least 4 members (excludes halogenated alkanes) is 1. The van der Waals surface area contributed by atoms with E-state index in [9.17, 15) is 19.2 Å². The number of methoxy groups -OCH3 is 1. The van der Waals surface area contributed by atoms with Crippen LogP contribution < -0.4 is 4.90 Å². The summed E-state index contributed by atoms with van der Waals surface area (Å²) in [5.74, 6) is -3.58. The molecule has 0 aromatic heterocycles. The lowest BCUT2D eigenvalue weighted by atomic mass is 9.90. The lowest BCUT2D eigenvalue weighted by Crippen LogP contribution is -2.39. The van der Waals surface area contributed by atoms with Gasteiger partial charge in [0.15, 0.2) is 6.79 Å². The van der Waals surface area contributed by atoms with Crippen LogP contribution in [-0.2, 0) is 33.4 Å². The number of hydrogen-bond acceptors (Lipinski definition) is 8. The Morgan fingerprint density at radius 3 is 2.42 bits per heavy atom. The number of nitrogens with zero attached hydrogens (tertiary/aromatic N) is 1. The Morgan fingerprint density at radius 2 is 1.78 bits per heavy atom. The van der Waals surface area contributed by atoms with Crippen LogP contribution in [-0.4, -0.2) is 50.0 Å². The van der Waals surface area contributed by atoms with Gasteiger partial charge in [0.25, 0.3) is 5.91 Å². The fourth-order valence-electron chi connectivity index (χ4n) is 3.53. The lowest BCUT2D eigenvalue weighted by Gasteiger charge is -2.26. The van der Waals surface area contributed by atoms with Gasteiger partial charge in [-0.1, -0.05) is 31.9 Å². The summed E-state index contributed by atoms with van der Waals surface area (Å²) < 4.78 is 30.0. The first-order valence-corrected chi connectivity index (χ1v) is 13.1. The van der Waals surface area contributed by atoms with Gasteiger partial charge in [0.2, 0.25) is 5.91 Å². The summed E-state index contributed by atoms with van der Waals surface area (Å²) in [6.07, 6.45) is 3.36. The van der Waals surface area contributed by atoms with E-state index in [1.54, 1.807) is 6.92 Å². The third kappa shape index (κ3) is 8.04. The number of esters is 2. The number of benzene rings is 1. The largest absolute Gasteiger partial charge is 0.465 e. The van der Waals surface area contributed by atoms with Crippen molar-refractivity contribution in [2.45, 2.75) is 63.7 Å². The average Bonchev–Trinajstić information content (AvgIpc) is 2.87. The van der Waals surface area contributed by atoms with Gasteiger partial charge < -0.3 is 14.2 Å². The van der Waals surface area contributed by atoms with Crippen LogP contribution in [0.2, 0.25) is 5.02 Å². The number of carbonyl (C=O) groups is 4. The van der Waals surface area contributed by atoms with Gasteiger partial charge in [0.1, 0.15) is 5.82 Å². The first kappa shape index (κ1) is 29.8. The molecule has 2 rings (SSSR count). The lowest BCUT2D eigenvalue weighted by molar-refractivity contribution is -0.150. The Morgan fingerprint density at radius 1 is 1.08 bits per heavy atom. The van der Waals surface area contributed by atoms with Crippen molar-refractivity contribution < 1.29 is 37.8 Å². The van der Waals surface area contributed by atoms with E-state index in [4.69, 9.17) is 25.8 Å². The van der Waals surface area contributed by atoms with Crippen LogP contribution in [0.4, 0.5) is 10.1 Å². The summed E-state index contributed by atoms with van der Waals surface area (Å²) in [5, 5.41) is 0.0275. The second-order valence-corrected chi connectivity index (χ2v) is 9.41. The van der Waals surface area contributed by atoms with Gasteiger partial charge in [-0.15, -0.1) is 11.8 Å². The highest BCUT2D eigenvalue weighted by molar-refractivity contribution is 8.00. The number of imide groups is 1. The van der Waals surface area contributed by atoms with E-state index in [2.05, 4.69) is 0 Å². The van der Waals surface area contributed by atoms with E-state index in [1.807, 2.05) is 6.92 Å². The topological polar surface area (TPSA) is 99.2 Å². The van der Waals surface area contributed by atoms with Crippen molar-refractivity contribution in [1.82, 2.24) is 0 Å². The molecule has 8 nitrogen and oxygen atoms in total. The van der Waals surface area contributed by atoms with Crippen LogP contribution in [0.1, 0.15) is 58.8 Å². The smallest absolute Gasteiger partial charge is 0.336 e. The summed E-state index contributed by atoms with van der Waals surface area (Å²) in [5.41, 5.74) is -0.0519. The van der Waals surface area contributed by atoms with Crippen LogP contribution in [0, 0.1) is 5.82 Å². The van der Waals surface area contributed by atoms with Crippen LogP contribution in [0.25, 0.3) is 0 Å². The number of halogens is 2. The molecule has 1 aromatic carbocycles. The second kappa shape index (κ2) is 15.0. The molecule has 36 heavy (non-hydrogen) atoms. The van der Waals surface area contributed by atoms with Gasteiger partial charge in [-0.25, -0.2) is 14.1 Å². The van der Waals surface area contributed by atoms with E-state index < -0.39 is 29.6 Å². The normalized spacial score (nSPS) is 13.4. The Labute approximate surface area is 219 Å². The zero-order valence-corrected chi connectivity index (χ0v) is 22.3. The van der Waals surface area contributed by atoms with Crippen molar-refractivity contribution in [3.63, 3.8) is 0 Å². The number of hydrogen-bond donors (Lipinski definition) is 0. The monoisotopic (exact) mass is 543 g/mol. The van der Waals surface area contributed by atoms with Crippen LogP contribution in [0.3, 0.4) is 0 Å². The Balaban J connectivity index is 2.41. The molecule has 1 aromatic rings. The minimum absolute atomic E-state index is 0.0275. The van der Waals surface area contributed by atoms with E-state index in [1.165, 1.54) is 13.2 Å². The van der Waals surface area contributed by atoms with Crippen molar-refractivity contribution in [1.29, 1.82) is 0 Å². The van der Waals surface area contributed by atoms with Gasteiger partial charge >= 0.3 is 11.9 Å². The second-order valence-electron chi connectivity index (χ2n) is 7.99. The molecule has 0 saturated carbocycles. The first-order valence-electron chi connectivity index (χ1n) is 11.8. The molecule has 0 atom stereocenters. The zero-order chi connectivity index (χ0) is 26.7. The molecule has 0 radical (unpaired) electrons. The zero-order valence-electron chi connectivity index (χ0n) is 20.7. The highest BCUT2D eigenvalue weighted by atomic mass is 35.5. The van der Waals surface area contributed by atoms with Crippen molar-refractivity contribution >= 4 is 52.8 Å². The minimum Gasteiger partial charge on any atom is -0.465 e. The molecule has 0 unspecified atom stereocenters. The highest BCUT2D eigenvalue weighted by Gasteiger charge is 2.33. The molecular formula is C25H31ClFNO7S. The summed E-state index contributed by atoms with van der Waals surface area (Å²) >= 11 is 7.20. The molecule has 0 bridgehead atoms. The number of anilines is 1. The fraction of sp³-hybridized carbons (Fsp3) is 0.520. The molecule has 0 saturated heterocycles. The molecule has 11 heteroatoms. The molecule has 1 aliphatic carbocycles. The Hall–Kier alpha value is -2.43. The number of rotatable bonds is 12. The van der Waals surface area contributed by atoms with E-state index in [-0.39, 0.29) is 47.2 Å². The minimum atomic E-state index is -0.884. The highest BCUT2D eigenvalue weighted by Crippen LogP contribution is 2.36. The van der Waals surface area contributed by atoms with Crippen molar-refractivity contribution in [3.8, 4) is 0 Å². The summed E-state index contributed by atoms with van der Waals surface area (Å²) in [7, 11) is 1.36. The van der Waals surface area contributed by atoms with Gasteiger partial charge in [0.05, 0.1) is 23.1 Å². The molecule has 0 aliphatic heterocycles. The summed E-state index contributed by atoms with van der Waals surface area (Å²) in [6, 6.07) is 2.26.